The van der Waals surface area contributed by atoms with Gasteiger partial charge in [0.25, 0.3) is 5.56 Å². The number of halogens is 2. The minimum absolute atomic E-state index is 0. The first kappa shape index (κ1) is 23.5. The summed E-state index contributed by atoms with van der Waals surface area (Å²) in [6, 6.07) is 8.91. The number of piperidine rings is 2. The molecule has 1 amide bonds. The van der Waals surface area contributed by atoms with E-state index in [0.29, 0.717) is 5.92 Å². The third-order valence-electron chi connectivity index (χ3n) is 6.54. The van der Waals surface area contributed by atoms with Gasteiger partial charge in [0.15, 0.2) is 5.82 Å². The summed E-state index contributed by atoms with van der Waals surface area (Å²) in [5, 5.41) is 14.8. The highest BCUT2D eigenvalue weighted by molar-refractivity contribution is 5.85. The molecular formula is C21H28Cl2N6O2. The van der Waals surface area contributed by atoms with Crippen molar-refractivity contribution < 1.29 is 4.79 Å². The van der Waals surface area contributed by atoms with Gasteiger partial charge < -0.3 is 15.5 Å². The molecule has 3 atom stereocenters. The van der Waals surface area contributed by atoms with Crippen molar-refractivity contribution >= 4 is 36.5 Å². The number of anilines is 1. The van der Waals surface area contributed by atoms with Crippen molar-refractivity contribution in [2.45, 2.75) is 37.3 Å². The topological polar surface area (TPSA) is 92.2 Å². The second-order valence-corrected chi connectivity index (χ2v) is 8.31. The highest BCUT2D eigenvalue weighted by Gasteiger charge is 2.42. The fourth-order valence-corrected chi connectivity index (χ4v) is 5.13. The van der Waals surface area contributed by atoms with Gasteiger partial charge in [-0.1, -0.05) is 6.07 Å². The number of carbonyl (C=O) groups is 1. The van der Waals surface area contributed by atoms with E-state index in [4.69, 9.17) is 0 Å². The smallest absolute Gasteiger partial charge is 0.251 e. The number of amides is 1. The number of fused-ring (bicyclic) bond motifs is 4. The standard InChI is InChI=1S/C21H26N6O2.2ClH/c28-19-5-1-3-17-14-11-15(13-22-12-14)20(27(17)19)21(29)24-16-6-9-26(10-7-16)18-4-2-8-23-25-18;;/h1-5,8,14-16,20,22H,6-7,9-13H2,(H,24,29);2*1H/t14-,15+,20-;;/m1../s1. The van der Waals surface area contributed by atoms with Gasteiger partial charge in [0.2, 0.25) is 5.91 Å². The van der Waals surface area contributed by atoms with Crippen LogP contribution in [0.5, 0.6) is 0 Å². The fraction of sp³-hybridized carbons (Fsp3) is 0.524. The van der Waals surface area contributed by atoms with Gasteiger partial charge >= 0.3 is 0 Å². The molecule has 2 bridgehead atoms. The molecule has 5 rings (SSSR count). The number of rotatable bonds is 3. The minimum Gasteiger partial charge on any atom is -0.355 e. The minimum atomic E-state index is -0.430. The van der Waals surface area contributed by atoms with Crippen molar-refractivity contribution in [1.29, 1.82) is 0 Å². The Morgan fingerprint density at radius 3 is 2.65 bits per heavy atom. The van der Waals surface area contributed by atoms with Crippen LogP contribution in [-0.4, -0.2) is 52.9 Å². The predicted octanol–water partition coefficient (Wildman–Crippen LogP) is 1.51. The molecule has 5 heterocycles. The Hall–Kier alpha value is -2.16. The van der Waals surface area contributed by atoms with E-state index < -0.39 is 6.04 Å². The average Bonchev–Trinajstić information content (AvgIpc) is 2.76. The van der Waals surface area contributed by atoms with E-state index in [2.05, 4.69) is 25.7 Å². The molecule has 2 fully saturated rings. The Balaban J connectivity index is 0.00000136. The molecule has 2 aromatic rings. The van der Waals surface area contributed by atoms with E-state index >= 15 is 0 Å². The van der Waals surface area contributed by atoms with Gasteiger partial charge in [0.1, 0.15) is 6.04 Å². The van der Waals surface area contributed by atoms with Crippen molar-refractivity contribution in [3.05, 3.63) is 52.6 Å². The van der Waals surface area contributed by atoms with Crippen molar-refractivity contribution in [2.75, 3.05) is 31.1 Å². The third-order valence-corrected chi connectivity index (χ3v) is 6.54. The normalized spacial score (nSPS) is 24.9. The Morgan fingerprint density at radius 1 is 1.10 bits per heavy atom. The van der Waals surface area contributed by atoms with Crippen LogP contribution in [-0.2, 0) is 4.79 Å². The molecule has 3 aliphatic heterocycles. The zero-order valence-corrected chi connectivity index (χ0v) is 18.8. The number of nitrogens with zero attached hydrogens (tertiary/aromatic N) is 4. The lowest BCUT2D eigenvalue weighted by Gasteiger charge is -2.43. The van der Waals surface area contributed by atoms with Crippen LogP contribution in [0.4, 0.5) is 5.82 Å². The predicted molar refractivity (Wildman–Crippen MR) is 123 cm³/mol. The molecule has 0 spiro atoms. The van der Waals surface area contributed by atoms with Gasteiger partial charge in [-0.15, -0.1) is 29.9 Å². The lowest BCUT2D eigenvalue weighted by Crippen LogP contribution is -2.54. The van der Waals surface area contributed by atoms with Crippen LogP contribution in [0.25, 0.3) is 0 Å². The van der Waals surface area contributed by atoms with Crippen LogP contribution in [0.2, 0.25) is 0 Å². The second kappa shape index (κ2) is 9.97. The summed E-state index contributed by atoms with van der Waals surface area (Å²) in [6.07, 6.45) is 4.35. The molecule has 8 nitrogen and oxygen atoms in total. The van der Waals surface area contributed by atoms with Gasteiger partial charge in [0, 0.05) is 62.0 Å². The second-order valence-electron chi connectivity index (χ2n) is 8.31. The van der Waals surface area contributed by atoms with Crippen LogP contribution in [0.15, 0.2) is 41.3 Å². The molecule has 168 valence electrons. The Kier molecular flexibility index (Phi) is 7.56. The van der Waals surface area contributed by atoms with Crippen molar-refractivity contribution in [3.63, 3.8) is 0 Å². The third kappa shape index (κ3) is 4.56. The number of hydrogen-bond acceptors (Lipinski definition) is 6. The van der Waals surface area contributed by atoms with Crippen LogP contribution in [0.1, 0.15) is 36.9 Å². The molecule has 2 aromatic heterocycles. The van der Waals surface area contributed by atoms with Crippen LogP contribution in [0, 0.1) is 5.92 Å². The van der Waals surface area contributed by atoms with E-state index in [0.717, 1.165) is 57.0 Å². The monoisotopic (exact) mass is 466 g/mol. The quantitative estimate of drug-likeness (QED) is 0.712. The zero-order valence-electron chi connectivity index (χ0n) is 17.1. The highest BCUT2D eigenvalue weighted by Crippen LogP contribution is 2.38. The van der Waals surface area contributed by atoms with E-state index in [1.54, 1.807) is 22.9 Å². The van der Waals surface area contributed by atoms with Gasteiger partial charge in [-0.3, -0.25) is 14.2 Å². The van der Waals surface area contributed by atoms with Crippen molar-refractivity contribution in [2.24, 2.45) is 5.92 Å². The number of carbonyl (C=O) groups excluding carboxylic acids is 1. The lowest BCUT2D eigenvalue weighted by molar-refractivity contribution is -0.127. The number of pyridine rings is 1. The maximum absolute atomic E-state index is 13.3. The summed E-state index contributed by atoms with van der Waals surface area (Å²) in [6.45, 7) is 3.31. The molecule has 0 unspecified atom stereocenters. The van der Waals surface area contributed by atoms with E-state index in [1.807, 2.05) is 18.2 Å². The maximum Gasteiger partial charge on any atom is 0.251 e. The van der Waals surface area contributed by atoms with Gasteiger partial charge in [-0.25, -0.2) is 0 Å². The first-order chi connectivity index (χ1) is 14.2. The zero-order chi connectivity index (χ0) is 19.8. The number of hydrogen-bond donors (Lipinski definition) is 2. The molecule has 0 saturated carbocycles. The summed E-state index contributed by atoms with van der Waals surface area (Å²) < 4.78 is 1.75. The lowest BCUT2D eigenvalue weighted by atomic mass is 9.79. The summed E-state index contributed by atoms with van der Waals surface area (Å²) in [4.78, 5) is 28.1. The summed E-state index contributed by atoms with van der Waals surface area (Å²) in [5.74, 6) is 1.32. The van der Waals surface area contributed by atoms with E-state index in [1.165, 1.54) is 0 Å². The first-order valence-electron chi connectivity index (χ1n) is 10.5. The molecule has 31 heavy (non-hydrogen) atoms. The molecule has 0 aliphatic carbocycles. The first-order valence-corrected chi connectivity index (χ1v) is 10.5. The Bertz CT molecular complexity index is 948. The SMILES string of the molecule is Cl.Cl.O=C(NC1CCN(c2cccnn2)CC1)[C@H]1[C@@H]2CNC[C@@H](C2)c2cccc(=O)n21. The van der Waals surface area contributed by atoms with Crippen molar-refractivity contribution in [3.8, 4) is 0 Å². The van der Waals surface area contributed by atoms with Crippen LogP contribution >= 0.6 is 24.8 Å². The largest absolute Gasteiger partial charge is 0.355 e. The fourth-order valence-electron chi connectivity index (χ4n) is 5.13. The molecule has 2 saturated heterocycles. The highest BCUT2D eigenvalue weighted by atomic mass is 35.5. The number of nitrogens with one attached hydrogen (secondary N) is 2. The van der Waals surface area contributed by atoms with E-state index in [-0.39, 0.29) is 48.2 Å². The summed E-state index contributed by atoms with van der Waals surface area (Å²) in [5.41, 5.74) is 0.912. The Labute approximate surface area is 193 Å². The molecular weight excluding hydrogens is 439 g/mol. The molecule has 2 N–H and O–H groups in total. The molecule has 3 aliphatic rings. The van der Waals surface area contributed by atoms with E-state index in [9.17, 15) is 9.59 Å². The summed E-state index contributed by atoms with van der Waals surface area (Å²) >= 11 is 0. The van der Waals surface area contributed by atoms with Crippen LogP contribution in [0.3, 0.4) is 0 Å². The Morgan fingerprint density at radius 2 is 1.90 bits per heavy atom. The van der Waals surface area contributed by atoms with Crippen molar-refractivity contribution in [1.82, 2.24) is 25.4 Å². The summed E-state index contributed by atoms with van der Waals surface area (Å²) in [7, 11) is 0. The maximum atomic E-state index is 13.3. The van der Waals surface area contributed by atoms with Gasteiger partial charge in [-0.2, -0.15) is 5.10 Å². The molecule has 0 aromatic carbocycles. The molecule has 10 heteroatoms. The molecule has 0 radical (unpaired) electrons. The average molecular weight is 467 g/mol. The van der Waals surface area contributed by atoms with Gasteiger partial charge in [0.05, 0.1) is 0 Å². The number of aromatic nitrogens is 3. The van der Waals surface area contributed by atoms with Crippen LogP contribution < -0.4 is 21.1 Å². The van der Waals surface area contributed by atoms with Gasteiger partial charge in [-0.05, 0) is 37.5 Å².